The summed E-state index contributed by atoms with van der Waals surface area (Å²) in [7, 11) is 1.57. The summed E-state index contributed by atoms with van der Waals surface area (Å²) >= 11 is 0. The summed E-state index contributed by atoms with van der Waals surface area (Å²) in [6.45, 7) is 2.60. The summed E-state index contributed by atoms with van der Waals surface area (Å²) in [5, 5.41) is 28.5. The van der Waals surface area contributed by atoms with Crippen LogP contribution in [0.15, 0.2) is 52.7 Å². The highest BCUT2D eigenvalue weighted by atomic mass is 16.5. The van der Waals surface area contributed by atoms with Crippen molar-refractivity contribution < 1.29 is 24.5 Å². The average Bonchev–Trinajstić information content (AvgIpc) is 2.96. The Morgan fingerprint density at radius 2 is 1.69 bits per heavy atom. The van der Waals surface area contributed by atoms with Crippen LogP contribution in [0.25, 0.3) is 10.8 Å². The van der Waals surface area contributed by atoms with Gasteiger partial charge < -0.3 is 14.9 Å². The molecule has 8 nitrogen and oxygen atoms in total. The molecule has 0 atom stereocenters. The molecule has 0 aliphatic heterocycles. The Bertz CT molecular complexity index is 1100. The smallest absolute Gasteiger partial charge is 0.295 e. The van der Waals surface area contributed by atoms with Crippen molar-refractivity contribution in [1.29, 1.82) is 0 Å². The van der Waals surface area contributed by atoms with Gasteiger partial charge in [-0.2, -0.15) is 0 Å². The van der Waals surface area contributed by atoms with Gasteiger partial charge in [-0.3, -0.25) is 14.2 Å². The van der Waals surface area contributed by atoms with E-state index < -0.39 is 11.8 Å². The van der Waals surface area contributed by atoms with Gasteiger partial charge in [0.1, 0.15) is 0 Å². The van der Waals surface area contributed by atoms with Crippen LogP contribution < -0.4 is 0 Å². The van der Waals surface area contributed by atoms with Crippen molar-refractivity contribution in [3.63, 3.8) is 0 Å². The molecule has 1 heterocycles. The van der Waals surface area contributed by atoms with Gasteiger partial charge in [0, 0.05) is 42.2 Å². The predicted octanol–water partition coefficient (Wildman–Crippen LogP) is 3.83. The summed E-state index contributed by atoms with van der Waals surface area (Å²) in [6.07, 6.45) is 0.597. The number of carbonyl (C=O) groups excluding carboxylic acids is 2. The zero-order valence-electron chi connectivity index (χ0n) is 16.1. The highest BCUT2D eigenvalue weighted by Crippen LogP contribution is 2.37. The molecule has 0 aliphatic carbocycles. The van der Waals surface area contributed by atoms with Gasteiger partial charge in [0.05, 0.1) is 0 Å². The number of rotatable bonds is 6. The first-order valence-electron chi connectivity index (χ1n) is 9.03. The summed E-state index contributed by atoms with van der Waals surface area (Å²) in [6, 6.07) is 11.3. The highest BCUT2D eigenvalue weighted by Gasteiger charge is 2.18. The van der Waals surface area contributed by atoms with E-state index in [1.54, 1.807) is 38.3 Å². The normalized spacial score (nSPS) is 11.4. The number of fused-ring (bicyclic) bond motifs is 1. The maximum atomic E-state index is 12.3. The minimum atomic E-state index is -0.722. The molecule has 150 valence electrons. The number of aromatic hydroxyl groups is 2. The number of ether oxygens (including phenoxy) is 1. The summed E-state index contributed by atoms with van der Waals surface area (Å²) in [5.41, 5.74) is 1.25. The Morgan fingerprint density at radius 1 is 1.00 bits per heavy atom. The molecule has 2 N–H and O–H groups in total. The minimum absolute atomic E-state index is 0.0936. The maximum absolute atomic E-state index is 12.3. The first-order chi connectivity index (χ1) is 13.9. The Labute approximate surface area is 167 Å². The van der Waals surface area contributed by atoms with Crippen LogP contribution in [0, 0.1) is 6.92 Å². The second-order valence-electron chi connectivity index (χ2n) is 6.53. The highest BCUT2D eigenvalue weighted by molar-refractivity contribution is 6.03. The SMILES string of the molecule is COCCCn1c(O)c2ccc(C(=O)N=NC(=O)c3ccccc3C)cc2c1O. The lowest BCUT2D eigenvalue weighted by atomic mass is 10.1. The monoisotopic (exact) mass is 395 g/mol. The molecular weight excluding hydrogens is 374 g/mol. The Hall–Kier alpha value is -3.52. The molecule has 0 fully saturated rings. The predicted molar refractivity (Wildman–Crippen MR) is 106 cm³/mol. The summed E-state index contributed by atoms with van der Waals surface area (Å²) in [5.74, 6) is -1.58. The average molecular weight is 395 g/mol. The van der Waals surface area contributed by atoms with E-state index in [-0.39, 0.29) is 17.3 Å². The number of hydrogen-bond acceptors (Lipinski definition) is 5. The van der Waals surface area contributed by atoms with Gasteiger partial charge in [0.15, 0.2) is 0 Å². The van der Waals surface area contributed by atoms with Gasteiger partial charge in [-0.05, 0) is 43.2 Å². The van der Waals surface area contributed by atoms with E-state index >= 15 is 0 Å². The van der Waals surface area contributed by atoms with E-state index in [0.29, 0.717) is 35.9 Å². The van der Waals surface area contributed by atoms with Crippen LogP contribution in [-0.2, 0) is 11.3 Å². The Balaban J connectivity index is 1.84. The van der Waals surface area contributed by atoms with E-state index in [4.69, 9.17) is 4.74 Å². The molecule has 0 spiro atoms. The van der Waals surface area contributed by atoms with Gasteiger partial charge in [-0.25, -0.2) is 0 Å². The number of carbonyl (C=O) groups is 2. The molecule has 0 unspecified atom stereocenters. The lowest BCUT2D eigenvalue weighted by molar-refractivity contribution is 0.0946. The third kappa shape index (κ3) is 4.17. The number of amides is 2. The van der Waals surface area contributed by atoms with Gasteiger partial charge in [-0.1, -0.05) is 18.2 Å². The zero-order valence-corrected chi connectivity index (χ0v) is 16.1. The van der Waals surface area contributed by atoms with Crippen molar-refractivity contribution >= 4 is 22.6 Å². The Kier molecular flexibility index (Phi) is 6.04. The van der Waals surface area contributed by atoms with E-state index in [0.717, 1.165) is 5.56 Å². The molecule has 2 amide bonds. The number of benzene rings is 2. The molecule has 0 bridgehead atoms. The first-order valence-corrected chi connectivity index (χ1v) is 9.03. The fraction of sp³-hybridized carbons (Fsp3) is 0.238. The largest absolute Gasteiger partial charge is 0.494 e. The van der Waals surface area contributed by atoms with E-state index in [9.17, 15) is 19.8 Å². The number of aryl methyl sites for hydroxylation is 1. The van der Waals surface area contributed by atoms with Crippen LogP contribution in [0.5, 0.6) is 11.8 Å². The Morgan fingerprint density at radius 3 is 2.41 bits per heavy atom. The molecule has 3 aromatic rings. The lowest BCUT2D eigenvalue weighted by Gasteiger charge is -2.05. The zero-order chi connectivity index (χ0) is 21.0. The second kappa shape index (κ2) is 8.66. The van der Waals surface area contributed by atoms with Crippen LogP contribution in [0.4, 0.5) is 0 Å². The molecule has 8 heteroatoms. The quantitative estimate of drug-likeness (QED) is 0.486. The van der Waals surface area contributed by atoms with E-state index in [1.165, 1.54) is 22.8 Å². The number of aromatic nitrogens is 1. The molecule has 0 saturated carbocycles. The van der Waals surface area contributed by atoms with Crippen LogP contribution in [-0.4, -0.2) is 40.3 Å². The van der Waals surface area contributed by atoms with Crippen LogP contribution >= 0.6 is 0 Å². The molecular formula is C21H21N3O5. The van der Waals surface area contributed by atoms with Crippen molar-refractivity contribution in [2.75, 3.05) is 13.7 Å². The number of nitrogens with zero attached hydrogens (tertiary/aromatic N) is 3. The van der Waals surface area contributed by atoms with Crippen LogP contribution in [0.1, 0.15) is 32.7 Å². The summed E-state index contributed by atoms with van der Waals surface area (Å²) in [4.78, 5) is 24.5. The van der Waals surface area contributed by atoms with Gasteiger partial charge in [0.25, 0.3) is 11.8 Å². The van der Waals surface area contributed by atoms with Gasteiger partial charge in [-0.15, -0.1) is 10.2 Å². The molecule has 3 rings (SSSR count). The molecule has 0 saturated heterocycles. The number of hydrogen-bond donors (Lipinski definition) is 2. The summed E-state index contributed by atoms with van der Waals surface area (Å²) < 4.78 is 6.33. The first kappa shape index (κ1) is 20.2. The van der Waals surface area contributed by atoms with Gasteiger partial charge >= 0.3 is 0 Å². The van der Waals surface area contributed by atoms with Crippen molar-refractivity contribution in [3.05, 3.63) is 59.2 Å². The van der Waals surface area contributed by atoms with Crippen molar-refractivity contribution in [2.24, 2.45) is 10.2 Å². The van der Waals surface area contributed by atoms with Crippen molar-refractivity contribution in [2.45, 2.75) is 19.9 Å². The minimum Gasteiger partial charge on any atom is -0.494 e. The van der Waals surface area contributed by atoms with Crippen LogP contribution in [0.3, 0.4) is 0 Å². The molecule has 0 radical (unpaired) electrons. The van der Waals surface area contributed by atoms with Gasteiger partial charge in [0.2, 0.25) is 11.8 Å². The fourth-order valence-corrected chi connectivity index (χ4v) is 3.04. The molecule has 0 aliphatic rings. The van der Waals surface area contributed by atoms with Crippen LogP contribution in [0.2, 0.25) is 0 Å². The molecule has 29 heavy (non-hydrogen) atoms. The van der Waals surface area contributed by atoms with Crippen molar-refractivity contribution in [1.82, 2.24) is 4.57 Å². The standard InChI is InChI=1S/C21H21N3O5/c1-13-6-3-4-7-15(13)19(26)23-22-18(25)14-8-9-16-17(12-14)21(28)24(20(16)27)10-5-11-29-2/h3-4,6-9,12,27-28H,5,10-11H2,1-2H3. The number of methoxy groups -OCH3 is 1. The fourth-order valence-electron chi connectivity index (χ4n) is 3.04. The third-order valence-electron chi connectivity index (χ3n) is 4.60. The number of azo groups is 1. The van der Waals surface area contributed by atoms with E-state index in [2.05, 4.69) is 10.2 Å². The molecule has 2 aromatic carbocycles. The lowest BCUT2D eigenvalue weighted by Crippen LogP contribution is -2.00. The van der Waals surface area contributed by atoms with E-state index in [1.807, 2.05) is 0 Å². The second-order valence-corrected chi connectivity index (χ2v) is 6.53. The topological polar surface area (TPSA) is 113 Å². The molecule has 1 aromatic heterocycles. The van der Waals surface area contributed by atoms with Crippen molar-refractivity contribution in [3.8, 4) is 11.8 Å². The third-order valence-corrected chi connectivity index (χ3v) is 4.60. The maximum Gasteiger partial charge on any atom is 0.295 e.